The van der Waals surface area contributed by atoms with Gasteiger partial charge in [-0.1, -0.05) is 5.16 Å². The Hall–Kier alpha value is -2.49. The van der Waals surface area contributed by atoms with Crippen LogP contribution in [0.2, 0.25) is 0 Å². The molecule has 0 unspecified atom stereocenters. The Morgan fingerprint density at radius 1 is 1.18 bits per heavy atom. The van der Waals surface area contributed by atoms with E-state index in [-0.39, 0.29) is 11.8 Å². The lowest BCUT2D eigenvalue weighted by Crippen LogP contribution is -2.48. The summed E-state index contributed by atoms with van der Waals surface area (Å²) in [5, 5.41) is 18.8. The van der Waals surface area contributed by atoms with Gasteiger partial charge in [0.05, 0.1) is 12.5 Å². The van der Waals surface area contributed by atoms with Crippen LogP contribution in [0.1, 0.15) is 36.4 Å². The van der Waals surface area contributed by atoms with Crippen molar-refractivity contribution in [2.45, 2.75) is 24.7 Å². The number of aromatic nitrogens is 2. The van der Waals surface area contributed by atoms with Gasteiger partial charge in [0.2, 0.25) is 11.8 Å². The van der Waals surface area contributed by atoms with Crippen LogP contribution in [0.3, 0.4) is 0 Å². The number of hydrogen-bond acceptors (Lipinski definition) is 7. The molecule has 10 nitrogen and oxygen atoms in total. The monoisotopic (exact) mass is 312 g/mol. The number of carbonyl (C=O) groups is 3. The fraction of sp³-hybridized carbons (Fsp3) is 0.583. The number of hydrogen-bond donors (Lipinski definition) is 3. The number of nitrogens with two attached hydrogens (primary N) is 1. The molecule has 10 heteroatoms. The van der Waals surface area contributed by atoms with Crippen molar-refractivity contribution < 1.29 is 29.1 Å². The number of carboxylic acids is 2. The van der Waals surface area contributed by atoms with Gasteiger partial charge in [0.15, 0.2) is 5.82 Å². The van der Waals surface area contributed by atoms with Gasteiger partial charge in [-0.25, -0.2) is 9.59 Å². The third-order valence-electron chi connectivity index (χ3n) is 3.27. The van der Waals surface area contributed by atoms with Crippen LogP contribution < -0.4 is 5.73 Å². The van der Waals surface area contributed by atoms with Crippen LogP contribution >= 0.6 is 0 Å². The highest BCUT2D eigenvalue weighted by atomic mass is 16.5. The molecule has 0 spiro atoms. The molecule has 2 aliphatic rings. The van der Waals surface area contributed by atoms with Gasteiger partial charge < -0.3 is 20.5 Å². The highest BCUT2D eigenvalue weighted by molar-refractivity contribution is 6.27. The zero-order chi connectivity index (χ0) is 16.3. The molecule has 2 fully saturated rings. The van der Waals surface area contributed by atoms with E-state index in [2.05, 4.69) is 10.1 Å². The van der Waals surface area contributed by atoms with Gasteiger partial charge in [0, 0.05) is 19.0 Å². The summed E-state index contributed by atoms with van der Waals surface area (Å²) in [4.78, 5) is 35.2. The van der Waals surface area contributed by atoms with Crippen LogP contribution in [0.4, 0.5) is 0 Å². The minimum atomic E-state index is -1.82. The maximum Gasteiger partial charge on any atom is 0.414 e. The number of likely N-dealkylation sites (tertiary alicyclic amines) is 1. The lowest BCUT2D eigenvalue weighted by molar-refractivity contribution is -0.159. The summed E-state index contributed by atoms with van der Waals surface area (Å²) >= 11 is 0. The smallest absolute Gasteiger partial charge is 0.414 e. The van der Waals surface area contributed by atoms with Crippen LogP contribution in [0, 0.1) is 0 Å². The van der Waals surface area contributed by atoms with Crippen LogP contribution in [-0.4, -0.2) is 62.7 Å². The molecule has 0 bridgehead atoms. The van der Waals surface area contributed by atoms with Crippen molar-refractivity contribution in [3.63, 3.8) is 0 Å². The largest absolute Gasteiger partial charge is 0.473 e. The molecule has 1 aromatic heterocycles. The van der Waals surface area contributed by atoms with E-state index in [1.54, 1.807) is 0 Å². The lowest BCUT2D eigenvalue weighted by atomic mass is 10.0. The number of rotatable bonds is 4. The van der Waals surface area contributed by atoms with E-state index in [9.17, 15) is 4.79 Å². The van der Waals surface area contributed by atoms with Crippen molar-refractivity contribution in [2.75, 3.05) is 19.6 Å². The van der Waals surface area contributed by atoms with E-state index in [1.165, 1.54) is 12.8 Å². The zero-order valence-electron chi connectivity index (χ0n) is 11.6. The molecule has 4 N–H and O–H groups in total. The molecular formula is C12H16N4O6. The Balaban J connectivity index is 0.000000254. The average molecular weight is 312 g/mol. The highest BCUT2D eigenvalue weighted by Gasteiger charge is 2.35. The molecule has 1 aromatic rings. The Morgan fingerprint density at radius 3 is 2.23 bits per heavy atom. The predicted octanol–water partition coefficient (Wildman–Crippen LogP) is -1.01. The maximum absolute atomic E-state index is 10.7. The van der Waals surface area contributed by atoms with Crippen LogP contribution in [0.15, 0.2) is 4.52 Å². The summed E-state index contributed by atoms with van der Waals surface area (Å²) in [6.45, 7) is 1.89. The number of nitrogens with zero attached hydrogens (tertiary/aromatic N) is 3. The van der Waals surface area contributed by atoms with Gasteiger partial charge >= 0.3 is 11.9 Å². The average Bonchev–Trinajstić information content (AvgIpc) is 3.13. The van der Waals surface area contributed by atoms with Crippen molar-refractivity contribution in [1.82, 2.24) is 15.0 Å². The van der Waals surface area contributed by atoms with Gasteiger partial charge in [-0.3, -0.25) is 9.69 Å². The topological polar surface area (TPSA) is 160 Å². The molecule has 120 valence electrons. The molecule has 1 saturated carbocycles. The fourth-order valence-electron chi connectivity index (χ4n) is 2.00. The first kappa shape index (κ1) is 15.9. The van der Waals surface area contributed by atoms with E-state index in [0.29, 0.717) is 18.4 Å². The molecule has 1 saturated heterocycles. The SMILES string of the molecule is NC(=O)CN1CC(c2nc(C3CC3)no2)C1.O=C(O)C(=O)O. The van der Waals surface area contributed by atoms with Crippen molar-refractivity contribution in [2.24, 2.45) is 5.73 Å². The first-order valence-electron chi connectivity index (χ1n) is 6.67. The highest BCUT2D eigenvalue weighted by Crippen LogP contribution is 2.39. The predicted molar refractivity (Wildman–Crippen MR) is 69.9 cm³/mol. The molecule has 1 aliphatic heterocycles. The zero-order valence-corrected chi connectivity index (χ0v) is 11.6. The summed E-state index contributed by atoms with van der Waals surface area (Å²) in [7, 11) is 0. The molecule has 22 heavy (non-hydrogen) atoms. The van der Waals surface area contributed by atoms with E-state index >= 15 is 0 Å². The van der Waals surface area contributed by atoms with Gasteiger partial charge in [-0.05, 0) is 12.8 Å². The van der Waals surface area contributed by atoms with E-state index in [1.807, 2.05) is 4.90 Å². The quantitative estimate of drug-likeness (QED) is 0.591. The van der Waals surface area contributed by atoms with Crippen LogP contribution in [-0.2, 0) is 14.4 Å². The number of aliphatic carboxylic acids is 2. The number of carbonyl (C=O) groups excluding carboxylic acids is 1. The first-order chi connectivity index (χ1) is 10.4. The molecule has 0 atom stereocenters. The van der Waals surface area contributed by atoms with Gasteiger partial charge in [-0.2, -0.15) is 4.98 Å². The molecule has 1 amide bonds. The van der Waals surface area contributed by atoms with Crippen molar-refractivity contribution in [1.29, 1.82) is 0 Å². The van der Waals surface area contributed by atoms with Crippen LogP contribution in [0.5, 0.6) is 0 Å². The third-order valence-corrected chi connectivity index (χ3v) is 3.27. The van der Waals surface area contributed by atoms with Gasteiger partial charge in [0.25, 0.3) is 0 Å². The minimum absolute atomic E-state index is 0.277. The molecule has 2 heterocycles. The molecule has 0 aromatic carbocycles. The van der Waals surface area contributed by atoms with Crippen molar-refractivity contribution >= 4 is 17.8 Å². The standard InChI is InChI=1S/C10H14N4O2.C2H2O4/c11-8(15)5-14-3-7(4-14)10-12-9(13-16-10)6-1-2-6;3-1(4)2(5)6/h6-7H,1-5H2,(H2,11,15);(H,3,4)(H,5,6). The Morgan fingerprint density at radius 2 is 1.77 bits per heavy atom. The second kappa shape index (κ2) is 6.52. The summed E-state index contributed by atoms with van der Waals surface area (Å²) in [5.74, 6) is -1.57. The summed E-state index contributed by atoms with van der Waals surface area (Å²) in [5.41, 5.74) is 5.11. The Kier molecular flexibility index (Phi) is 4.71. The molecule has 1 aliphatic carbocycles. The Bertz CT molecular complexity index is 564. The third kappa shape index (κ3) is 4.25. The second-order valence-electron chi connectivity index (χ2n) is 5.23. The first-order valence-corrected chi connectivity index (χ1v) is 6.67. The number of primary amides is 1. The fourth-order valence-corrected chi connectivity index (χ4v) is 2.00. The second-order valence-corrected chi connectivity index (χ2v) is 5.23. The van der Waals surface area contributed by atoms with E-state index in [4.69, 9.17) is 30.1 Å². The molecule has 3 rings (SSSR count). The number of amides is 1. The van der Waals surface area contributed by atoms with Gasteiger partial charge in [-0.15, -0.1) is 0 Å². The van der Waals surface area contributed by atoms with E-state index < -0.39 is 11.9 Å². The van der Waals surface area contributed by atoms with Gasteiger partial charge in [0.1, 0.15) is 0 Å². The lowest BCUT2D eigenvalue weighted by Gasteiger charge is -2.35. The van der Waals surface area contributed by atoms with E-state index in [0.717, 1.165) is 18.9 Å². The summed E-state index contributed by atoms with van der Waals surface area (Å²) in [6.07, 6.45) is 2.36. The Labute approximate surface area is 124 Å². The van der Waals surface area contributed by atoms with Crippen molar-refractivity contribution in [3.8, 4) is 0 Å². The summed E-state index contributed by atoms with van der Waals surface area (Å²) in [6, 6.07) is 0. The summed E-state index contributed by atoms with van der Waals surface area (Å²) < 4.78 is 5.22. The van der Waals surface area contributed by atoms with Crippen molar-refractivity contribution in [3.05, 3.63) is 11.7 Å². The number of carboxylic acid groups (broad SMARTS) is 2. The maximum atomic E-state index is 10.7. The normalized spacial score (nSPS) is 18.0. The molecule has 0 radical (unpaired) electrons. The minimum Gasteiger partial charge on any atom is -0.473 e. The molecular weight excluding hydrogens is 296 g/mol. The van der Waals surface area contributed by atoms with Crippen LogP contribution in [0.25, 0.3) is 0 Å².